The Balaban J connectivity index is 1.51. The van der Waals surface area contributed by atoms with Crippen LogP contribution < -0.4 is 16.0 Å². The van der Waals surface area contributed by atoms with Crippen LogP contribution in [0.1, 0.15) is 5.56 Å². The maximum absolute atomic E-state index is 12.9. The van der Waals surface area contributed by atoms with Crippen LogP contribution in [-0.4, -0.2) is 24.0 Å². The van der Waals surface area contributed by atoms with Gasteiger partial charge in [0.25, 0.3) is 9.84 Å². The SMILES string of the molecule is O=S(=O)(c1cccc(Nc2ccc3[nH]c(O)c(/C=C4/N=c5ccc(Cl)cc5=N4)c3c2)c1)C(F)(F)F. The lowest BCUT2D eigenvalue weighted by molar-refractivity contribution is -0.0435. The molecule has 178 valence electrons. The summed E-state index contributed by atoms with van der Waals surface area (Å²) in [7, 11) is -5.48. The molecule has 0 saturated carbocycles. The number of alkyl halides is 3. The van der Waals surface area contributed by atoms with Gasteiger partial charge in [0.1, 0.15) is 0 Å². The first kappa shape index (κ1) is 22.9. The highest BCUT2D eigenvalue weighted by Gasteiger charge is 2.46. The van der Waals surface area contributed by atoms with E-state index in [0.29, 0.717) is 43.7 Å². The average molecular weight is 519 g/mol. The van der Waals surface area contributed by atoms with E-state index in [9.17, 15) is 26.7 Å². The van der Waals surface area contributed by atoms with Gasteiger partial charge in [-0.25, -0.2) is 18.4 Å². The number of hydrogen-bond donors (Lipinski definition) is 3. The van der Waals surface area contributed by atoms with E-state index in [0.717, 1.165) is 12.1 Å². The second-order valence-electron chi connectivity index (χ2n) is 7.61. The molecule has 0 amide bonds. The standard InChI is InChI=1S/C23H14ClF3N4O3S/c24-12-4-6-19-20(8-12)30-21(29-19)11-17-16-10-14(5-7-18(16)31-22(17)32)28-13-2-1-3-15(9-13)35(33,34)23(25,26)27/h1-11,28,31-32H/b21-11-. The molecule has 1 aliphatic rings. The van der Waals surface area contributed by atoms with Crippen LogP contribution >= 0.6 is 11.6 Å². The van der Waals surface area contributed by atoms with E-state index in [-0.39, 0.29) is 11.6 Å². The van der Waals surface area contributed by atoms with Crippen molar-refractivity contribution in [1.29, 1.82) is 0 Å². The van der Waals surface area contributed by atoms with Crippen LogP contribution in [0, 0.1) is 0 Å². The van der Waals surface area contributed by atoms with E-state index in [2.05, 4.69) is 20.3 Å². The van der Waals surface area contributed by atoms with Crippen molar-refractivity contribution in [1.82, 2.24) is 4.98 Å². The molecule has 0 saturated heterocycles. The second-order valence-corrected chi connectivity index (χ2v) is 9.99. The van der Waals surface area contributed by atoms with Gasteiger partial charge in [-0.1, -0.05) is 17.7 Å². The number of sulfone groups is 1. The van der Waals surface area contributed by atoms with Gasteiger partial charge in [-0.2, -0.15) is 13.2 Å². The number of rotatable bonds is 4. The first-order valence-corrected chi connectivity index (χ1v) is 11.9. The minimum Gasteiger partial charge on any atom is -0.494 e. The van der Waals surface area contributed by atoms with Gasteiger partial charge in [0.2, 0.25) is 0 Å². The number of halogens is 4. The van der Waals surface area contributed by atoms with Crippen LogP contribution in [0.4, 0.5) is 24.5 Å². The molecule has 0 unspecified atom stereocenters. The molecule has 3 N–H and O–H groups in total. The molecule has 2 heterocycles. The van der Waals surface area contributed by atoms with Crippen molar-refractivity contribution in [2.24, 2.45) is 9.98 Å². The normalized spacial score (nSPS) is 14.6. The third kappa shape index (κ3) is 4.24. The number of nitrogens with zero attached hydrogens (tertiary/aromatic N) is 2. The number of hydrogen-bond acceptors (Lipinski definition) is 6. The number of aromatic hydroxyl groups is 1. The van der Waals surface area contributed by atoms with Crippen molar-refractivity contribution in [2.75, 3.05) is 5.32 Å². The fraction of sp³-hybridized carbons (Fsp3) is 0.0435. The summed E-state index contributed by atoms with van der Waals surface area (Å²) in [5.41, 5.74) is -3.82. The van der Waals surface area contributed by atoms with Crippen LogP contribution in [-0.2, 0) is 9.84 Å². The summed E-state index contributed by atoms with van der Waals surface area (Å²) in [5.74, 6) is 0.226. The van der Waals surface area contributed by atoms with Crippen molar-refractivity contribution in [3.05, 3.63) is 87.8 Å². The maximum Gasteiger partial charge on any atom is 0.501 e. The highest BCUT2D eigenvalue weighted by atomic mass is 35.5. The molecule has 0 bridgehead atoms. The predicted molar refractivity (Wildman–Crippen MR) is 125 cm³/mol. The highest BCUT2D eigenvalue weighted by Crippen LogP contribution is 2.34. The van der Waals surface area contributed by atoms with E-state index in [1.165, 1.54) is 12.1 Å². The smallest absolute Gasteiger partial charge is 0.494 e. The third-order valence-electron chi connectivity index (χ3n) is 5.24. The molecule has 5 rings (SSSR count). The quantitative estimate of drug-likeness (QED) is 0.360. The summed E-state index contributed by atoms with van der Waals surface area (Å²) in [4.78, 5) is 10.8. The Kier molecular flexibility index (Phi) is 5.33. The van der Waals surface area contributed by atoms with E-state index < -0.39 is 20.2 Å². The van der Waals surface area contributed by atoms with Gasteiger partial charge in [0, 0.05) is 32.9 Å². The summed E-state index contributed by atoms with van der Waals surface area (Å²) in [6, 6.07) is 14.5. The van der Waals surface area contributed by atoms with Crippen LogP contribution in [0.5, 0.6) is 5.88 Å². The zero-order chi connectivity index (χ0) is 25.0. The number of fused-ring (bicyclic) bond motifs is 2. The van der Waals surface area contributed by atoms with Crippen LogP contribution in [0.15, 0.2) is 81.4 Å². The molecule has 3 aromatic carbocycles. The van der Waals surface area contributed by atoms with Gasteiger partial charge < -0.3 is 15.4 Å². The van der Waals surface area contributed by atoms with Crippen molar-refractivity contribution in [3.8, 4) is 5.88 Å². The molecule has 35 heavy (non-hydrogen) atoms. The molecular weight excluding hydrogens is 505 g/mol. The van der Waals surface area contributed by atoms with E-state index in [1.807, 2.05) is 0 Å². The summed E-state index contributed by atoms with van der Waals surface area (Å²) >= 11 is 6.00. The molecule has 1 aliphatic heterocycles. The Morgan fingerprint density at radius 3 is 2.49 bits per heavy atom. The lowest BCUT2D eigenvalue weighted by Gasteiger charge is -2.11. The Morgan fingerprint density at radius 2 is 1.71 bits per heavy atom. The molecule has 0 fully saturated rings. The van der Waals surface area contributed by atoms with Gasteiger partial charge >= 0.3 is 5.51 Å². The molecule has 0 radical (unpaired) electrons. The first-order chi connectivity index (χ1) is 16.5. The topological polar surface area (TPSA) is 107 Å². The molecule has 0 aliphatic carbocycles. The Labute approximate surface area is 200 Å². The first-order valence-electron chi connectivity index (χ1n) is 9.99. The largest absolute Gasteiger partial charge is 0.501 e. The van der Waals surface area contributed by atoms with Crippen LogP contribution in [0.3, 0.4) is 0 Å². The second kappa shape index (κ2) is 8.14. The number of nitrogens with one attached hydrogen (secondary N) is 2. The number of benzene rings is 3. The zero-order valence-electron chi connectivity index (χ0n) is 17.4. The molecule has 0 atom stereocenters. The van der Waals surface area contributed by atoms with Crippen LogP contribution in [0.2, 0.25) is 5.02 Å². The van der Waals surface area contributed by atoms with E-state index in [4.69, 9.17) is 11.6 Å². The van der Waals surface area contributed by atoms with Gasteiger partial charge in [0.05, 0.1) is 15.6 Å². The highest BCUT2D eigenvalue weighted by molar-refractivity contribution is 7.92. The molecule has 1 aromatic heterocycles. The van der Waals surface area contributed by atoms with E-state index >= 15 is 0 Å². The van der Waals surface area contributed by atoms with Crippen molar-refractivity contribution in [3.63, 3.8) is 0 Å². The maximum atomic E-state index is 12.9. The third-order valence-corrected chi connectivity index (χ3v) is 6.96. The van der Waals surface area contributed by atoms with Gasteiger partial charge in [-0.15, -0.1) is 0 Å². The summed E-state index contributed by atoms with van der Waals surface area (Å²) < 4.78 is 62.2. The molecule has 0 spiro atoms. The molecular formula is C23H14ClF3N4O3S. The predicted octanol–water partition coefficient (Wildman–Crippen LogP) is 4.82. The van der Waals surface area contributed by atoms with Crippen molar-refractivity contribution in [2.45, 2.75) is 10.4 Å². The lowest BCUT2D eigenvalue weighted by atomic mass is 10.1. The number of anilines is 2. The summed E-state index contributed by atoms with van der Waals surface area (Å²) in [6.07, 6.45) is 1.59. The van der Waals surface area contributed by atoms with Gasteiger partial charge in [-0.05, 0) is 60.7 Å². The fourth-order valence-corrected chi connectivity index (χ4v) is 4.58. The van der Waals surface area contributed by atoms with Gasteiger partial charge in [-0.3, -0.25) is 0 Å². The summed E-state index contributed by atoms with van der Waals surface area (Å²) in [5, 5.41) is 15.7. The Morgan fingerprint density at radius 1 is 0.971 bits per heavy atom. The Bertz CT molecular complexity index is 1760. The molecule has 12 heteroatoms. The summed E-state index contributed by atoms with van der Waals surface area (Å²) in [6.45, 7) is 0. The van der Waals surface area contributed by atoms with E-state index in [1.54, 1.807) is 42.5 Å². The molecule has 7 nitrogen and oxygen atoms in total. The zero-order valence-corrected chi connectivity index (χ0v) is 19.0. The number of H-pyrrole nitrogens is 1. The molecule has 4 aromatic rings. The number of aromatic amines is 1. The van der Waals surface area contributed by atoms with Crippen LogP contribution in [0.25, 0.3) is 17.0 Å². The average Bonchev–Trinajstić information content (AvgIpc) is 3.33. The Hall–Kier alpha value is -3.83. The lowest BCUT2D eigenvalue weighted by Crippen LogP contribution is -2.23. The minimum absolute atomic E-state index is 0.123. The minimum atomic E-state index is -5.48. The van der Waals surface area contributed by atoms with Crippen molar-refractivity contribution >= 4 is 49.8 Å². The van der Waals surface area contributed by atoms with Gasteiger partial charge in [0.15, 0.2) is 11.7 Å². The fourth-order valence-electron chi connectivity index (χ4n) is 3.61. The monoisotopic (exact) mass is 518 g/mol. The number of aromatic nitrogens is 1. The van der Waals surface area contributed by atoms with Crippen molar-refractivity contribution < 1.29 is 26.7 Å².